The summed E-state index contributed by atoms with van der Waals surface area (Å²) in [6.45, 7) is 7.61. The molecule has 6 aromatic carbocycles. The number of para-hydroxylation sites is 1. The van der Waals surface area contributed by atoms with Gasteiger partial charge >= 0.3 is 0 Å². The number of pyridine rings is 1. The zero-order chi connectivity index (χ0) is 29.9. The molecule has 0 saturated heterocycles. The fraction of sp³-hybridized carbons (Fsp3) is 0. The zero-order valence-corrected chi connectivity index (χ0v) is 23.7. The van der Waals surface area contributed by atoms with Crippen molar-refractivity contribution in [2.45, 2.75) is 0 Å². The van der Waals surface area contributed by atoms with Gasteiger partial charge in [0.15, 0.2) is 5.69 Å². The van der Waals surface area contributed by atoms with E-state index < -0.39 is 5.82 Å². The maximum atomic E-state index is 15.1. The van der Waals surface area contributed by atoms with Crippen LogP contribution in [0, 0.1) is 12.4 Å². The van der Waals surface area contributed by atoms with Gasteiger partial charge in [-0.3, -0.25) is 4.98 Å². The van der Waals surface area contributed by atoms with Gasteiger partial charge < -0.3 is 4.90 Å². The van der Waals surface area contributed by atoms with Crippen molar-refractivity contribution >= 4 is 33.7 Å². The highest BCUT2D eigenvalue weighted by Gasteiger charge is 2.18. The summed E-state index contributed by atoms with van der Waals surface area (Å²) >= 11 is 0. The second-order valence-electron chi connectivity index (χ2n) is 10.5. The molecule has 3 nitrogen and oxygen atoms in total. The van der Waals surface area contributed by atoms with Crippen molar-refractivity contribution in [1.29, 1.82) is 0 Å². The summed E-state index contributed by atoms with van der Waals surface area (Å²) in [5.74, 6) is -0.420. The third-order valence-corrected chi connectivity index (χ3v) is 7.74. The van der Waals surface area contributed by atoms with Gasteiger partial charge in [0.25, 0.3) is 0 Å². The van der Waals surface area contributed by atoms with Gasteiger partial charge in [-0.25, -0.2) is 9.24 Å². The summed E-state index contributed by atoms with van der Waals surface area (Å²) < 4.78 is 15.1. The molecule has 4 heteroatoms. The maximum Gasteiger partial charge on any atom is 0.197 e. The van der Waals surface area contributed by atoms with Gasteiger partial charge in [0.2, 0.25) is 0 Å². The van der Waals surface area contributed by atoms with Gasteiger partial charge in [-0.1, -0.05) is 103 Å². The molecule has 0 radical (unpaired) electrons. The number of benzene rings is 6. The standard InChI is InChI=1S/C40H26FN3/c1-42-38-22-12-21-37(41)39(38)30-17-11-20-34(24-30)44(33-18-9-4-10-19-33)35-25-32-23-31(28-13-5-2-6-14-28)26-36(40(32)43-27-35)29-15-7-3-8-16-29/h2-27H. The maximum absolute atomic E-state index is 15.1. The first-order valence-corrected chi connectivity index (χ1v) is 14.4. The largest absolute Gasteiger partial charge is 0.309 e. The number of fused-ring (bicyclic) bond motifs is 1. The third kappa shape index (κ3) is 5.08. The van der Waals surface area contributed by atoms with Crippen molar-refractivity contribution in [2.24, 2.45) is 0 Å². The first-order chi connectivity index (χ1) is 21.7. The van der Waals surface area contributed by atoms with E-state index in [4.69, 9.17) is 11.6 Å². The summed E-state index contributed by atoms with van der Waals surface area (Å²) in [5, 5.41) is 1.00. The Balaban J connectivity index is 1.44. The van der Waals surface area contributed by atoms with Crippen LogP contribution in [-0.4, -0.2) is 4.98 Å². The van der Waals surface area contributed by atoms with Gasteiger partial charge in [0.05, 0.1) is 24.0 Å². The molecule has 0 spiro atoms. The molecule has 0 bridgehead atoms. The summed E-state index contributed by atoms with van der Waals surface area (Å²) in [7, 11) is 0. The van der Waals surface area contributed by atoms with E-state index in [2.05, 4.69) is 64.3 Å². The Bertz CT molecular complexity index is 2140. The lowest BCUT2D eigenvalue weighted by atomic mass is 9.95. The Morgan fingerprint density at radius 2 is 1.18 bits per heavy atom. The van der Waals surface area contributed by atoms with Gasteiger partial charge in [0.1, 0.15) is 5.82 Å². The third-order valence-electron chi connectivity index (χ3n) is 7.74. The Morgan fingerprint density at radius 3 is 1.91 bits per heavy atom. The number of anilines is 3. The van der Waals surface area contributed by atoms with Gasteiger partial charge in [0, 0.05) is 27.9 Å². The fourth-order valence-electron chi connectivity index (χ4n) is 5.71. The molecule has 1 heterocycles. The average Bonchev–Trinajstić information content (AvgIpc) is 3.09. The van der Waals surface area contributed by atoms with Gasteiger partial charge in [-0.15, -0.1) is 0 Å². The molecule has 0 aliphatic heterocycles. The topological polar surface area (TPSA) is 20.5 Å². The molecular weight excluding hydrogens is 541 g/mol. The number of rotatable bonds is 6. The average molecular weight is 568 g/mol. The molecule has 7 rings (SSSR count). The van der Waals surface area contributed by atoms with E-state index in [1.165, 1.54) is 6.07 Å². The molecule has 44 heavy (non-hydrogen) atoms. The van der Waals surface area contributed by atoms with E-state index in [0.29, 0.717) is 11.1 Å². The summed E-state index contributed by atoms with van der Waals surface area (Å²) in [5.41, 5.74) is 9.16. The van der Waals surface area contributed by atoms with E-state index in [1.54, 1.807) is 12.1 Å². The minimum Gasteiger partial charge on any atom is -0.309 e. The normalized spacial score (nSPS) is 10.8. The highest BCUT2D eigenvalue weighted by Crippen LogP contribution is 2.41. The van der Waals surface area contributed by atoms with Crippen LogP contribution in [0.25, 0.3) is 49.1 Å². The van der Waals surface area contributed by atoms with E-state index in [1.807, 2.05) is 85.1 Å². The van der Waals surface area contributed by atoms with E-state index >= 15 is 4.39 Å². The molecule has 0 amide bonds. The van der Waals surface area contributed by atoms with Crippen LogP contribution in [0.15, 0.2) is 158 Å². The molecule has 208 valence electrons. The van der Waals surface area contributed by atoms with Crippen LogP contribution >= 0.6 is 0 Å². The number of nitrogens with zero attached hydrogens (tertiary/aromatic N) is 3. The number of halogens is 1. The van der Waals surface area contributed by atoms with Crippen molar-refractivity contribution in [3.05, 3.63) is 175 Å². The Labute approximate surface area is 256 Å². The van der Waals surface area contributed by atoms with E-state index in [-0.39, 0.29) is 5.69 Å². The van der Waals surface area contributed by atoms with Crippen LogP contribution in [0.2, 0.25) is 0 Å². The Morgan fingerprint density at radius 1 is 0.545 bits per heavy atom. The summed E-state index contributed by atoms with van der Waals surface area (Å²) in [6.07, 6.45) is 1.89. The molecule has 0 atom stereocenters. The number of hydrogen-bond acceptors (Lipinski definition) is 2. The van der Waals surface area contributed by atoms with Crippen molar-refractivity contribution < 1.29 is 4.39 Å². The van der Waals surface area contributed by atoms with Crippen LogP contribution in [0.1, 0.15) is 0 Å². The molecule has 0 saturated carbocycles. The second-order valence-corrected chi connectivity index (χ2v) is 10.5. The first-order valence-electron chi connectivity index (χ1n) is 14.4. The van der Waals surface area contributed by atoms with Crippen LogP contribution in [0.3, 0.4) is 0 Å². The second kappa shape index (κ2) is 11.7. The molecule has 7 aromatic rings. The van der Waals surface area contributed by atoms with Crippen LogP contribution in [-0.2, 0) is 0 Å². The van der Waals surface area contributed by atoms with E-state index in [0.717, 1.165) is 50.2 Å². The number of hydrogen-bond donors (Lipinski definition) is 0. The van der Waals surface area contributed by atoms with E-state index in [9.17, 15) is 0 Å². The minimum absolute atomic E-state index is 0.280. The van der Waals surface area contributed by atoms with Gasteiger partial charge in [-0.2, -0.15) is 0 Å². The van der Waals surface area contributed by atoms with Gasteiger partial charge in [-0.05, 0) is 70.8 Å². The Kier molecular flexibility index (Phi) is 7.12. The first kappa shape index (κ1) is 26.8. The summed E-state index contributed by atoms with van der Waals surface area (Å²) in [6, 6.07) is 49.6. The predicted molar refractivity (Wildman–Crippen MR) is 179 cm³/mol. The highest BCUT2D eigenvalue weighted by molar-refractivity contribution is 5.99. The summed E-state index contributed by atoms with van der Waals surface area (Å²) in [4.78, 5) is 10.7. The smallest absolute Gasteiger partial charge is 0.197 e. The molecule has 0 unspecified atom stereocenters. The van der Waals surface area contributed by atoms with Crippen LogP contribution in [0.5, 0.6) is 0 Å². The number of aromatic nitrogens is 1. The van der Waals surface area contributed by atoms with Crippen molar-refractivity contribution in [3.8, 4) is 33.4 Å². The molecule has 0 aliphatic rings. The van der Waals surface area contributed by atoms with Crippen molar-refractivity contribution in [3.63, 3.8) is 0 Å². The predicted octanol–water partition coefficient (Wildman–Crippen LogP) is 11.4. The SMILES string of the molecule is [C-]#[N+]c1cccc(F)c1-c1cccc(N(c2ccccc2)c2cnc3c(-c4ccccc4)cc(-c4ccccc4)cc3c2)c1. The highest BCUT2D eigenvalue weighted by atomic mass is 19.1. The molecule has 1 aromatic heterocycles. The Hall–Kier alpha value is -6.05. The zero-order valence-electron chi connectivity index (χ0n) is 23.7. The quantitative estimate of drug-likeness (QED) is 0.186. The van der Waals surface area contributed by atoms with Crippen LogP contribution in [0.4, 0.5) is 27.1 Å². The fourth-order valence-corrected chi connectivity index (χ4v) is 5.71. The molecule has 0 fully saturated rings. The minimum atomic E-state index is -0.420. The molecule has 0 aliphatic carbocycles. The van der Waals surface area contributed by atoms with Crippen LogP contribution < -0.4 is 4.90 Å². The van der Waals surface area contributed by atoms with Crippen molar-refractivity contribution in [2.75, 3.05) is 4.90 Å². The lowest BCUT2D eigenvalue weighted by Crippen LogP contribution is -2.10. The molecular formula is C40H26FN3. The monoisotopic (exact) mass is 567 g/mol. The lowest BCUT2D eigenvalue weighted by molar-refractivity contribution is 0.632. The lowest BCUT2D eigenvalue weighted by Gasteiger charge is -2.26. The van der Waals surface area contributed by atoms with Crippen molar-refractivity contribution in [1.82, 2.24) is 4.98 Å². The molecule has 0 N–H and O–H groups in total.